The predicted octanol–water partition coefficient (Wildman–Crippen LogP) is 2.46. The molecule has 0 bridgehead atoms. The maximum absolute atomic E-state index is 11.8. The van der Waals surface area contributed by atoms with Crippen molar-refractivity contribution >= 4 is 17.2 Å². The third-order valence-electron chi connectivity index (χ3n) is 2.45. The van der Waals surface area contributed by atoms with E-state index < -0.39 is 0 Å². The second-order valence-electron chi connectivity index (χ2n) is 3.82. The van der Waals surface area contributed by atoms with E-state index in [0.29, 0.717) is 12.4 Å². The SMILES string of the molecule is Cc1cnc(CNC(=O)[C@@H](C)c2cccs2)o1. The molecule has 0 aliphatic carbocycles. The Labute approximate surface area is 104 Å². The van der Waals surface area contributed by atoms with Crippen LogP contribution in [0.5, 0.6) is 0 Å². The van der Waals surface area contributed by atoms with Crippen molar-refractivity contribution < 1.29 is 9.21 Å². The van der Waals surface area contributed by atoms with Gasteiger partial charge < -0.3 is 9.73 Å². The number of aromatic nitrogens is 1. The molecule has 4 nitrogen and oxygen atoms in total. The molecule has 0 unspecified atom stereocenters. The van der Waals surface area contributed by atoms with Crippen LogP contribution in [0.25, 0.3) is 0 Å². The fraction of sp³-hybridized carbons (Fsp3) is 0.333. The van der Waals surface area contributed by atoms with Crippen molar-refractivity contribution in [2.45, 2.75) is 26.3 Å². The van der Waals surface area contributed by atoms with Crippen LogP contribution < -0.4 is 5.32 Å². The first kappa shape index (κ1) is 11.9. The van der Waals surface area contributed by atoms with E-state index in [0.717, 1.165) is 10.6 Å². The second-order valence-corrected chi connectivity index (χ2v) is 4.80. The van der Waals surface area contributed by atoms with Crippen LogP contribution in [-0.4, -0.2) is 10.9 Å². The molecule has 0 saturated carbocycles. The number of carbonyl (C=O) groups excluding carboxylic acids is 1. The van der Waals surface area contributed by atoms with Crippen LogP contribution in [0.1, 0.15) is 29.4 Å². The Balaban J connectivity index is 1.89. The molecule has 2 rings (SSSR count). The van der Waals surface area contributed by atoms with Gasteiger partial charge in [-0.05, 0) is 25.3 Å². The molecule has 1 atom stereocenters. The molecule has 17 heavy (non-hydrogen) atoms. The first-order valence-electron chi connectivity index (χ1n) is 5.39. The molecule has 5 heteroatoms. The van der Waals surface area contributed by atoms with Gasteiger partial charge in [0.25, 0.3) is 0 Å². The van der Waals surface area contributed by atoms with Gasteiger partial charge in [0, 0.05) is 4.88 Å². The fourth-order valence-corrected chi connectivity index (χ4v) is 2.25. The van der Waals surface area contributed by atoms with Gasteiger partial charge >= 0.3 is 0 Å². The molecule has 2 heterocycles. The molecule has 1 amide bonds. The number of hydrogen-bond acceptors (Lipinski definition) is 4. The fourth-order valence-electron chi connectivity index (χ4n) is 1.47. The maximum Gasteiger partial charge on any atom is 0.228 e. The Kier molecular flexibility index (Phi) is 3.58. The van der Waals surface area contributed by atoms with Gasteiger partial charge in [-0.2, -0.15) is 0 Å². The molecule has 0 aliphatic heterocycles. The van der Waals surface area contributed by atoms with Crippen molar-refractivity contribution in [3.63, 3.8) is 0 Å². The Morgan fingerprint density at radius 2 is 2.47 bits per heavy atom. The summed E-state index contributed by atoms with van der Waals surface area (Å²) in [5.41, 5.74) is 0. The van der Waals surface area contributed by atoms with Crippen LogP contribution in [0.2, 0.25) is 0 Å². The van der Waals surface area contributed by atoms with E-state index >= 15 is 0 Å². The zero-order valence-electron chi connectivity index (χ0n) is 9.77. The minimum Gasteiger partial charge on any atom is -0.444 e. The average molecular weight is 250 g/mol. The third kappa shape index (κ3) is 2.94. The minimum absolute atomic E-state index is 0.0108. The van der Waals surface area contributed by atoms with Crippen molar-refractivity contribution in [3.05, 3.63) is 40.2 Å². The first-order valence-corrected chi connectivity index (χ1v) is 6.27. The van der Waals surface area contributed by atoms with Crippen LogP contribution in [0.15, 0.2) is 28.1 Å². The Morgan fingerprint density at radius 3 is 3.06 bits per heavy atom. The summed E-state index contributed by atoms with van der Waals surface area (Å²) in [6.45, 7) is 4.05. The number of hydrogen-bond donors (Lipinski definition) is 1. The number of nitrogens with one attached hydrogen (secondary N) is 1. The van der Waals surface area contributed by atoms with Crippen molar-refractivity contribution in [2.75, 3.05) is 0 Å². The van der Waals surface area contributed by atoms with Crippen LogP contribution in [0.4, 0.5) is 0 Å². The summed E-state index contributed by atoms with van der Waals surface area (Å²) in [6.07, 6.45) is 1.64. The van der Waals surface area contributed by atoms with Crippen LogP contribution in [-0.2, 0) is 11.3 Å². The lowest BCUT2D eigenvalue weighted by Gasteiger charge is -2.08. The zero-order valence-corrected chi connectivity index (χ0v) is 10.6. The molecule has 0 saturated heterocycles. The smallest absolute Gasteiger partial charge is 0.228 e. The summed E-state index contributed by atoms with van der Waals surface area (Å²) < 4.78 is 5.28. The Morgan fingerprint density at radius 1 is 1.65 bits per heavy atom. The number of oxazole rings is 1. The van der Waals surface area contributed by atoms with E-state index in [4.69, 9.17) is 4.42 Å². The van der Waals surface area contributed by atoms with Gasteiger partial charge in [0.2, 0.25) is 11.8 Å². The second kappa shape index (κ2) is 5.14. The van der Waals surface area contributed by atoms with Crippen LogP contribution in [0.3, 0.4) is 0 Å². The number of amides is 1. The van der Waals surface area contributed by atoms with E-state index in [-0.39, 0.29) is 11.8 Å². The molecule has 1 N–H and O–H groups in total. The van der Waals surface area contributed by atoms with Crippen molar-refractivity contribution in [1.29, 1.82) is 0 Å². The quantitative estimate of drug-likeness (QED) is 0.906. The minimum atomic E-state index is -0.133. The molecular weight excluding hydrogens is 236 g/mol. The Hall–Kier alpha value is -1.62. The van der Waals surface area contributed by atoms with Gasteiger partial charge in [0.15, 0.2) is 0 Å². The lowest BCUT2D eigenvalue weighted by atomic mass is 10.1. The molecule has 90 valence electrons. The van der Waals surface area contributed by atoms with E-state index in [9.17, 15) is 4.79 Å². The van der Waals surface area contributed by atoms with Gasteiger partial charge in [-0.25, -0.2) is 4.98 Å². The van der Waals surface area contributed by atoms with E-state index in [1.165, 1.54) is 0 Å². The number of thiophene rings is 1. The maximum atomic E-state index is 11.8. The molecule has 2 aromatic heterocycles. The summed E-state index contributed by atoms with van der Waals surface area (Å²) >= 11 is 1.59. The highest BCUT2D eigenvalue weighted by molar-refractivity contribution is 7.10. The van der Waals surface area contributed by atoms with Crippen molar-refractivity contribution in [1.82, 2.24) is 10.3 Å². The average Bonchev–Trinajstić information content (AvgIpc) is 2.95. The summed E-state index contributed by atoms with van der Waals surface area (Å²) in [5, 5.41) is 4.78. The predicted molar refractivity (Wildman–Crippen MR) is 65.8 cm³/mol. The Bertz CT molecular complexity index is 490. The van der Waals surface area contributed by atoms with Crippen LogP contribution in [0, 0.1) is 6.92 Å². The molecule has 0 spiro atoms. The summed E-state index contributed by atoms with van der Waals surface area (Å²) in [7, 11) is 0. The number of rotatable bonds is 4. The number of carbonyl (C=O) groups is 1. The van der Waals surface area contributed by atoms with Gasteiger partial charge in [-0.1, -0.05) is 6.07 Å². The molecule has 0 radical (unpaired) electrons. The summed E-state index contributed by atoms with van der Waals surface area (Å²) in [6, 6.07) is 3.91. The zero-order chi connectivity index (χ0) is 12.3. The molecule has 0 fully saturated rings. The lowest BCUT2D eigenvalue weighted by molar-refractivity contribution is -0.122. The van der Waals surface area contributed by atoms with Crippen molar-refractivity contribution in [3.8, 4) is 0 Å². The topological polar surface area (TPSA) is 55.1 Å². The lowest BCUT2D eigenvalue weighted by Crippen LogP contribution is -2.27. The van der Waals surface area contributed by atoms with Gasteiger partial charge in [-0.3, -0.25) is 4.79 Å². The normalized spacial score (nSPS) is 12.4. The highest BCUT2D eigenvalue weighted by Crippen LogP contribution is 2.20. The highest BCUT2D eigenvalue weighted by Gasteiger charge is 2.16. The van der Waals surface area contributed by atoms with Gasteiger partial charge in [0.05, 0.1) is 18.7 Å². The van der Waals surface area contributed by atoms with Crippen molar-refractivity contribution in [2.24, 2.45) is 0 Å². The molecule has 0 aliphatic rings. The summed E-state index contributed by atoms with van der Waals surface area (Å²) in [5.74, 6) is 1.14. The van der Waals surface area contributed by atoms with Gasteiger partial charge in [-0.15, -0.1) is 11.3 Å². The van der Waals surface area contributed by atoms with Crippen LogP contribution >= 0.6 is 11.3 Å². The highest BCUT2D eigenvalue weighted by atomic mass is 32.1. The van der Waals surface area contributed by atoms with E-state index in [1.54, 1.807) is 17.5 Å². The van der Waals surface area contributed by atoms with E-state index in [2.05, 4.69) is 10.3 Å². The largest absolute Gasteiger partial charge is 0.444 e. The molecular formula is C12H14N2O2S. The number of aryl methyl sites for hydroxylation is 1. The number of nitrogens with zero attached hydrogens (tertiary/aromatic N) is 1. The summed E-state index contributed by atoms with van der Waals surface area (Å²) in [4.78, 5) is 16.9. The van der Waals surface area contributed by atoms with E-state index in [1.807, 2.05) is 31.4 Å². The standard InChI is InChI=1S/C12H14N2O2S/c1-8-6-13-11(16-8)7-14-12(15)9(2)10-4-3-5-17-10/h3-6,9H,7H2,1-2H3,(H,14,15)/t9-/m0/s1. The molecule has 0 aromatic carbocycles. The first-order chi connectivity index (χ1) is 8.16. The third-order valence-corrected chi connectivity index (χ3v) is 3.50. The monoisotopic (exact) mass is 250 g/mol. The van der Waals surface area contributed by atoms with Gasteiger partial charge in [0.1, 0.15) is 5.76 Å². The molecule has 2 aromatic rings.